The summed E-state index contributed by atoms with van der Waals surface area (Å²) in [4.78, 5) is 7.12. The summed E-state index contributed by atoms with van der Waals surface area (Å²) in [5.74, 6) is 0.0564. The van der Waals surface area contributed by atoms with Crippen LogP contribution in [-0.4, -0.2) is 21.1 Å². The van der Waals surface area contributed by atoms with Gasteiger partial charge in [0.2, 0.25) is 0 Å². The van der Waals surface area contributed by atoms with Gasteiger partial charge in [0.05, 0.1) is 5.69 Å². The maximum Gasteiger partial charge on any atom is 0.292 e. The van der Waals surface area contributed by atoms with Crippen molar-refractivity contribution in [3.05, 3.63) is 53.7 Å². The number of rotatable bonds is 2. The second kappa shape index (κ2) is 4.38. The van der Waals surface area contributed by atoms with E-state index >= 15 is 0 Å². The van der Waals surface area contributed by atoms with Crippen molar-refractivity contribution < 1.29 is 9.90 Å². The smallest absolute Gasteiger partial charge is 0.292 e. The number of phenols is 1. The molecule has 0 fully saturated rings. The summed E-state index contributed by atoms with van der Waals surface area (Å²) in [6.07, 6.45) is 2.86. The van der Waals surface area contributed by atoms with Gasteiger partial charge in [-0.15, -0.1) is 0 Å². The maximum atomic E-state index is 9.65. The van der Waals surface area contributed by atoms with E-state index in [0.29, 0.717) is 11.3 Å². The molecule has 1 aromatic heterocycles. The second-order valence-corrected chi connectivity index (χ2v) is 3.20. The fourth-order valence-electron chi connectivity index (χ4n) is 1.49. The van der Waals surface area contributed by atoms with Crippen LogP contribution < -0.4 is 0 Å². The van der Waals surface area contributed by atoms with Gasteiger partial charge >= 0.3 is 0 Å². The van der Waals surface area contributed by atoms with Gasteiger partial charge in [-0.05, 0) is 18.2 Å². The molecule has 1 N–H and O–H groups in total. The van der Waals surface area contributed by atoms with E-state index in [9.17, 15) is 5.11 Å². The Morgan fingerprint density at radius 2 is 2.06 bits per heavy atom. The minimum atomic E-state index is 0.0564. The standard InChI is InChI=1S/C12H9N3O/c13-15-8-10-9(4-3-6-12(10)16)11-5-1-2-7-14-11/h1-8,16H. The number of hydrogen-bond acceptors (Lipinski definition) is 2. The molecule has 0 saturated carbocycles. The van der Waals surface area contributed by atoms with Crippen molar-refractivity contribution in [2.75, 3.05) is 0 Å². The predicted molar refractivity (Wildman–Crippen MR) is 60.1 cm³/mol. The van der Waals surface area contributed by atoms with Crippen LogP contribution in [0.15, 0.2) is 42.6 Å². The highest BCUT2D eigenvalue weighted by Crippen LogP contribution is 2.26. The molecule has 2 aromatic rings. The van der Waals surface area contributed by atoms with E-state index in [1.54, 1.807) is 18.3 Å². The first-order chi connectivity index (χ1) is 7.83. The van der Waals surface area contributed by atoms with Gasteiger partial charge in [-0.1, -0.05) is 18.2 Å². The van der Waals surface area contributed by atoms with Gasteiger partial charge in [-0.25, -0.2) is 0 Å². The topological polar surface area (TPSA) is 69.5 Å². The van der Waals surface area contributed by atoms with Gasteiger partial charge in [0.25, 0.3) is 6.21 Å². The lowest BCUT2D eigenvalue weighted by Crippen LogP contribution is -1.91. The molecule has 0 aliphatic heterocycles. The Balaban J connectivity index is 2.65. The molecule has 0 amide bonds. The minimum absolute atomic E-state index is 0.0564. The lowest BCUT2D eigenvalue weighted by molar-refractivity contribution is 0.00448. The Morgan fingerprint density at radius 3 is 2.75 bits per heavy atom. The van der Waals surface area contributed by atoms with E-state index < -0.39 is 0 Å². The zero-order valence-corrected chi connectivity index (χ0v) is 8.41. The predicted octanol–water partition coefficient (Wildman–Crippen LogP) is 2.10. The molecule has 0 atom stereocenters. The molecule has 0 radical (unpaired) electrons. The van der Waals surface area contributed by atoms with E-state index in [1.807, 2.05) is 18.2 Å². The Morgan fingerprint density at radius 1 is 1.19 bits per heavy atom. The number of aromatic hydroxyl groups is 1. The molecule has 4 nitrogen and oxygen atoms in total. The van der Waals surface area contributed by atoms with E-state index in [2.05, 4.69) is 9.77 Å². The Kier molecular flexibility index (Phi) is 2.76. The van der Waals surface area contributed by atoms with Crippen molar-refractivity contribution in [1.29, 1.82) is 0 Å². The minimum Gasteiger partial charge on any atom is -0.507 e. The fraction of sp³-hybridized carbons (Fsp3) is 0. The highest BCUT2D eigenvalue weighted by atomic mass is 16.3. The Hall–Kier alpha value is -2.45. The van der Waals surface area contributed by atoms with Crippen LogP contribution in [0.2, 0.25) is 0 Å². The first-order valence-electron chi connectivity index (χ1n) is 4.73. The van der Waals surface area contributed by atoms with Crippen molar-refractivity contribution in [1.82, 2.24) is 4.98 Å². The van der Waals surface area contributed by atoms with E-state index in [0.717, 1.165) is 5.56 Å². The summed E-state index contributed by atoms with van der Waals surface area (Å²) >= 11 is 0. The van der Waals surface area contributed by atoms with Crippen LogP contribution in [0.3, 0.4) is 0 Å². The molecule has 16 heavy (non-hydrogen) atoms. The summed E-state index contributed by atoms with van der Waals surface area (Å²) in [6.45, 7) is 0. The van der Waals surface area contributed by atoms with Crippen LogP contribution in [0.4, 0.5) is 0 Å². The molecule has 0 bridgehead atoms. The molecular weight excluding hydrogens is 202 g/mol. The van der Waals surface area contributed by atoms with E-state index in [1.165, 1.54) is 12.3 Å². The van der Waals surface area contributed by atoms with E-state index in [-0.39, 0.29) is 5.75 Å². The van der Waals surface area contributed by atoms with Gasteiger partial charge in [0.15, 0.2) is 0 Å². The molecule has 0 aliphatic rings. The third kappa shape index (κ3) is 1.82. The molecule has 0 saturated heterocycles. The maximum absolute atomic E-state index is 9.65. The normalized spacial score (nSPS) is 9.50. The summed E-state index contributed by atoms with van der Waals surface area (Å²) in [5, 5.41) is 9.65. The van der Waals surface area contributed by atoms with Crippen LogP contribution in [0, 0.1) is 0 Å². The van der Waals surface area contributed by atoms with E-state index in [4.69, 9.17) is 5.53 Å². The van der Waals surface area contributed by atoms with Crippen LogP contribution in [0.25, 0.3) is 16.8 Å². The lowest BCUT2D eigenvalue weighted by atomic mass is 10.0. The molecule has 0 spiro atoms. The van der Waals surface area contributed by atoms with Gasteiger partial charge in [0.1, 0.15) is 11.3 Å². The molecule has 0 aliphatic carbocycles. The zero-order chi connectivity index (χ0) is 11.4. The Bertz CT molecular complexity index is 545. The molecule has 78 valence electrons. The number of aromatic nitrogens is 1. The average molecular weight is 211 g/mol. The highest BCUT2D eigenvalue weighted by molar-refractivity contribution is 5.90. The fourth-order valence-corrected chi connectivity index (χ4v) is 1.49. The SMILES string of the molecule is [N-]=[N+]=Cc1c(O)cccc1-c1ccccn1. The highest BCUT2D eigenvalue weighted by Gasteiger charge is 2.11. The monoisotopic (exact) mass is 211 g/mol. The number of nitrogens with zero attached hydrogens (tertiary/aromatic N) is 3. The van der Waals surface area contributed by atoms with Crippen molar-refractivity contribution in [2.24, 2.45) is 0 Å². The molecular formula is C12H9N3O. The Labute approximate surface area is 92.4 Å². The molecule has 1 heterocycles. The van der Waals surface area contributed by atoms with Crippen LogP contribution in [-0.2, 0) is 0 Å². The van der Waals surface area contributed by atoms with Gasteiger partial charge in [-0.3, -0.25) is 4.98 Å². The third-order valence-corrected chi connectivity index (χ3v) is 2.21. The van der Waals surface area contributed by atoms with Crippen molar-refractivity contribution in [2.45, 2.75) is 0 Å². The quantitative estimate of drug-likeness (QED) is 0.469. The number of hydrogen-bond donors (Lipinski definition) is 1. The summed E-state index contributed by atoms with van der Waals surface area (Å²) in [5.41, 5.74) is 10.4. The summed E-state index contributed by atoms with van der Waals surface area (Å²) in [6, 6.07) is 10.5. The van der Waals surface area contributed by atoms with Crippen LogP contribution >= 0.6 is 0 Å². The van der Waals surface area contributed by atoms with Crippen LogP contribution in [0.5, 0.6) is 5.75 Å². The molecule has 4 heteroatoms. The molecule has 0 unspecified atom stereocenters. The van der Waals surface area contributed by atoms with Gasteiger partial charge in [0, 0.05) is 11.8 Å². The first kappa shape index (κ1) is 10.1. The number of pyridine rings is 1. The average Bonchev–Trinajstić information content (AvgIpc) is 2.33. The van der Waals surface area contributed by atoms with Crippen molar-refractivity contribution >= 4 is 6.21 Å². The van der Waals surface area contributed by atoms with Crippen molar-refractivity contribution in [3.8, 4) is 17.0 Å². The molecule has 2 rings (SSSR count). The van der Waals surface area contributed by atoms with Gasteiger partial charge in [-0.2, -0.15) is 4.79 Å². The molecule has 1 aromatic carbocycles. The third-order valence-electron chi connectivity index (χ3n) is 2.21. The number of phenolic OH excluding ortho intramolecular Hbond substituents is 1. The van der Waals surface area contributed by atoms with Crippen LogP contribution in [0.1, 0.15) is 5.56 Å². The summed E-state index contributed by atoms with van der Waals surface area (Å²) in [7, 11) is 0. The first-order valence-corrected chi connectivity index (χ1v) is 4.73. The van der Waals surface area contributed by atoms with Gasteiger partial charge < -0.3 is 10.6 Å². The lowest BCUT2D eigenvalue weighted by Gasteiger charge is -2.03. The zero-order valence-electron chi connectivity index (χ0n) is 8.41. The number of benzene rings is 1. The van der Waals surface area contributed by atoms with Crippen molar-refractivity contribution in [3.63, 3.8) is 0 Å². The second-order valence-electron chi connectivity index (χ2n) is 3.20. The summed E-state index contributed by atoms with van der Waals surface area (Å²) < 4.78 is 0. The largest absolute Gasteiger partial charge is 0.507 e.